The maximum atomic E-state index is 10.6. The Morgan fingerprint density at radius 3 is 2.92 bits per heavy atom. The molecule has 0 aliphatic carbocycles. The van der Waals surface area contributed by atoms with E-state index in [1.165, 1.54) is 7.11 Å². The van der Waals surface area contributed by atoms with Gasteiger partial charge in [0.1, 0.15) is 0 Å². The zero-order valence-electron chi connectivity index (χ0n) is 7.16. The minimum Gasteiger partial charge on any atom is -0.479 e. The summed E-state index contributed by atoms with van der Waals surface area (Å²) < 4.78 is 10.0. The van der Waals surface area contributed by atoms with Gasteiger partial charge < -0.3 is 14.6 Å². The monoisotopic (exact) mass is 174 g/mol. The summed E-state index contributed by atoms with van der Waals surface area (Å²) in [6.07, 6.45) is 1.10. The second-order valence-electron chi connectivity index (χ2n) is 2.97. The van der Waals surface area contributed by atoms with Gasteiger partial charge in [-0.2, -0.15) is 0 Å². The minimum absolute atomic E-state index is 0.0150. The van der Waals surface area contributed by atoms with Crippen LogP contribution in [0.3, 0.4) is 0 Å². The lowest BCUT2D eigenvalue weighted by Crippen LogP contribution is -2.36. The highest BCUT2D eigenvalue weighted by Gasteiger charge is 2.29. The highest BCUT2D eigenvalue weighted by atomic mass is 16.5. The molecule has 12 heavy (non-hydrogen) atoms. The number of hydrogen-bond donors (Lipinski definition) is 1. The maximum Gasteiger partial charge on any atom is 0.333 e. The third kappa shape index (κ3) is 2.19. The molecule has 0 amide bonds. The van der Waals surface area contributed by atoms with Gasteiger partial charge in [-0.3, -0.25) is 0 Å². The number of ether oxygens (including phenoxy) is 2. The summed E-state index contributed by atoms with van der Waals surface area (Å²) in [4.78, 5) is 10.6. The Morgan fingerprint density at radius 2 is 2.50 bits per heavy atom. The summed E-state index contributed by atoms with van der Waals surface area (Å²) in [6.45, 7) is 1.25. The number of carboxylic acids is 1. The van der Waals surface area contributed by atoms with Crippen LogP contribution in [0.1, 0.15) is 12.8 Å². The molecule has 0 spiro atoms. The average molecular weight is 174 g/mol. The lowest BCUT2D eigenvalue weighted by molar-refractivity contribution is -0.155. The van der Waals surface area contributed by atoms with Crippen molar-refractivity contribution in [2.45, 2.75) is 18.9 Å². The molecule has 1 rings (SSSR count). The first kappa shape index (κ1) is 9.48. The van der Waals surface area contributed by atoms with E-state index in [9.17, 15) is 4.79 Å². The fourth-order valence-corrected chi connectivity index (χ4v) is 1.50. The normalized spacial score (nSPS) is 26.6. The molecule has 0 bridgehead atoms. The van der Waals surface area contributed by atoms with Gasteiger partial charge in [0.05, 0.1) is 6.61 Å². The smallest absolute Gasteiger partial charge is 0.333 e. The average Bonchev–Trinajstić information content (AvgIpc) is 2.07. The Balaban J connectivity index is 2.46. The summed E-state index contributed by atoms with van der Waals surface area (Å²) in [5.41, 5.74) is 0. The van der Waals surface area contributed by atoms with Gasteiger partial charge in [0.25, 0.3) is 0 Å². The molecule has 1 saturated heterocycles. The molecule has 2 unspecified atom stereocenters. The van der Waals surface area contributed by atoms with Gasteiger partial charge in [0.2, 0.25) is 0 Å². The molecule has 0 saturated carbocycles. The van der Waals surface area contributed by atoms with Crippen molar-refractivity contribution in [1.29, 1.82) is 0 Å². The molecule has 4 nitrogen and oxygen atoms in total. The number of aliphatic carboxylic acids is 1. The Labute approximate surface area is 71.5 Å². The van der Waals surface area contributed by atoms with Gasteiger partial charge in [-0.25, -0.2) is 4.79 Å². The van der Waals surface area contributed by atoms with Crippen molar-refractivity contribution >= 4 is 5.97 Å². The van der Waals surface area contributed by atoms with Crippen LogP contribution >= 0.6 is 0 Å². The highest BCUT2D eigenvalue weighted by molar-refractivity contribution is 5.72. The first-order valence-corrected chi connectivity index (χ1v) is 4.09. The minimum atomic E-state index is -0.895. The summed E-state index contributed by atoms with van der Waals surface area (Å²) in [7, 11) is 1.42. The van der Waals surface area contributed by atoms with E-state index in [1.807, 2.05) is 0 Å². The second kappa shape index (κ2) is 4.42. The van der Waals surface area contributed by atoms with Crippen molar-refractivity contribution in [3.8, 4) is 0 Å². The molecule has 4 heteroatoms. The van der Waals surface area contributed by atoms with E-state index in [0.29, 0.717) is 6.61 Å². The lowest BCUT2D eigenvalue weighted by Gasteiger charge is -2.26. The molecule has 0 radical (unpaired) electrons. The Morgan fingerprint density at radius 1 is 1.75 bits per heavy atom. The third-order valence-electron chi connectivity index (χ3n) is 2.12. The fourth-order valence-electron chi connectivity index (χ4n) is 1.50. The van der Waals surface area contributed by atoms with Crippen LogP contribution in [0.4, 0.5) is 0 Å². The lowest BCUT2D eigenvalue weighted by atomic mass is 9.96. The van der Waals surface area contributed by atoms with Gasteiger partial charge >= 0.3 is 5.97 Å². The molecular formula is C8H14O4. The predicted molar refractivity (Wildman–Crippen MR) is 42.0 cm³/mol. The van der Waals surface area contributed by atoms with Gasteiger partial charge in [-0.15, -0.1) is 0 Å². The van der Waals surface area contributed by atoms with E-state index < -0.39 is 12.1 Å². The molecule has 2 atom stereocenters. The summed E-state index contributed by atoms with van der Waals surface area (Å²) >= 11 is 0. The van der Waals surface area contributed by atoms with E-state index in [0.717, 1.165) is 19.4 Å². The van der Waals surface area contributed by atoms with Crippen molar-refractivity contribution in [1.82, 2.24) is 0 Å². The maximum absolute atomic E-state index is 10.6. The van der Waals surface area contributed by atoms with Crippen molar-refractivity contribution in [2.24, 2.45) is 5.92 Å². The van der Waals surface area contributed by atoms with Crippen LogP contribution in [-0.2, 0) is 14.3 Å². The Kier molecular flexibility index (Phi) is 3.49. The zero-order chi connectivity index (χ0) is 8.97. The van der Waals surface area contributed by atoms with Gasteiger partial charge in [0.15, 0.2) is 6.10 Å². The first-order chi connectivity index (χ1) is 5.75. The van der Waals surface area contributed by atoms with Crippen LogP contribution in [0.5, 0.6) is 0 Å². The molecule has 0 aromatic carbocycles. The molecule has 1 heterocycles. The molecular weight excluding hydrogens is 160 g/mol. The molecule has 1 fully saturated rings. The summed E-state index contributed by atoms with van der Waals surface area (Å²) in [5, 5.41) is 8.74. The molecule has 70 valence electrons. The topological polar surface area (TPSA) is 55.8 Å². The molecule has 0 aromatic heterocycles. The van der Waals surface area contributed by atoms with E-state index in [2.05, 4.69) is 0 Å². The Bertz CT molecular complexity index is 151. The number of hydrogen-bond acceptors (Lipinski definition) is 3. The second-order valence-corrected chi connectivity index (χ2v) is 2.97. The van der Waals surface area contributed by atoms with E-state index >= 15 is 0 Å². The summed E-state index contributed by atoms with van der Waals surface area (Å²) in [6, 6.07) is 0. The highest BCUT2D eigenvalue weighted by Crippen LogP contribution is 2.19. The van der Waals surface area contributed by atoms with Crippen molar-refractivity contribution in [2.75, 3.05) is 20.3 Å². The van der Waals surface area contributed by atoms with E-state index in [4.69, 9.17) is 14.6 Å². The van der Waals surface area contributed by atoms with Gasteiger partial charge in [-0.1, -0.05) is 0 Å². The van der Waals surface area contributed by atoms with Crippen LogP contribution in [0.25, 0.3) is 0 Å². The number of carboxylic acid groups (broad SMARTS) is 1. The molecule has 1 N–H and O–H groups in total. The van der Waals surface area contributed by atoms with Crippen molar-refractivity contribution < 1.29 is 19.4 Å². The zero-order valence-corrected chi connectivity index (χ0v) is 7.16. The van der Waals surface area contributed by atoms with Crippen LogP contribution < -0.4 is 0 Å². The van der Waals surface area contributed by atoms with Crippen molar-refractivity contribution in [3.63, 3.8) is 0 Å². The SMILES string of the molecule is COC(C(=O)O)C1CCCOC1. The summed E-state index contributed by atoms with van der Waals surface area (Å²) in [5.74, 6) is -0.880. The fraction of sp³-hybridized carbons (Fsp3) is 0.875. The molecule has 1 aliphatic rings. The van der Waals surface area contributed by atoms with E-state index in [-0.39, 0.29) is 5.92 Å². The standard InChI is InChI=1S/C8H14O4/c1-11-7(8(9)10)6-3-2-4-12-5-6/h6-7H,2-5H2,1H3,(H,9,10). The van der Waals surface area contributed by atoms with Crippen LogP contribution in [0, 0.1) is 5.92 Å². The Hall–Kier alpha value is -0.610. The van der Waals surface area contributed by atoms with Gasteiger partial charge in [0, 0.05) is 19.6 Å². The number of methoxy groups -OCH3 is 1. The van der Waals surface area contributed by atoms with E-state index in [1.54, 1.807) is 0 Å². The van der Waals surface area contributed by atoms with Crippen LogP contribution in [0.15, 0.2) is 0 Å². The van der Waals surface area contributed by atoms with Crippen molar-refractivity contribution in [3.05, 3.63) is 0 Å². The van der Waals surface area contributed by atoms with Crippen LogP contribution in [0.2, 0.25) is 0 Å². The molecule has 0 aromatic rings. The molecule has 1 aliphatic heterocycles. The largest absolute Gasteiger partial charge is 0.479 e. The first-order valence-electron chi connectivity index (χ1n) is 4.09. The third-order valence-corrected chi connectivity index (χ3v) is 2.12. The quantitative estimate of drug-likeness (QED) is 0.677. The number of carbonyl (C=O) groups is 1. The van der Waals surface area contributed by atoms with Crippen LogP contribution in [-0.4, -0.2) is 37.5 Å². The number of rotatable bonds is 3. The predicted octanol–water partition coefficient (Wildman–Crippen LogP) is 0.513. The van der Waals surface area contributed by atoms with Gasteiger partial charge in [-0.05, 0) is 12.8 Å².